The number of rotatable bonds is 6. The van der Waals surface area contributed by atoms with E-state index in [1.165, 1.54) is 0 Å². The van der Waals surface area contributed by atoms with E-state index in [2.05, 4.69) is 109 Å². The number of aromatic nitrogens is 3. The molecule has 0 saturated heterocycles. The molecule has 11 aromatic rings. The minimum Gasteiger partial charge on any atom is -0.455 e. The van der Waals surface area contributed by atoms with Crippen LogP contribution in [-0.4, -0.2) is 15.0 Å². The summed E-state index contributed by atoms with van der Waals surface area (Å²) in [5.74, 6) is 0.605. The number of fused-ring (bicyclic) bond motifs is 6. The first-order valence-corrected chi connectivity index (χ1v) is 18.7. The standard InChI is InChI=1S/C51H31N3O2/c1-2-14-32(15-3-1)45-31-46(39-17-5-4-16-38(39)44-24-10-11-27-52-44)54-51(53-45)35-29-33(36-20-12-22-42-40-18-6-8-25-47(40)55-49(36)42)28-34(30-35)37-21-13-23-43-41-19-7-9-26-48(41)56-50(37)43/h1-31H. The summed E-state index contributed by atoms with van der Waals surface area (Å²) < 4.78 is 13.2. The summed E-state index contributed by atoms with van der Waals surface area (Å²) in [5, 5.41) is 4.31. The van der Waals surface area contributed by atoms with E-state index in [-0.39, 0.29) is 0 Å². The number of para-hydroxylation sites is 4. The van der Waals surface area contributed by atoms with Gasteiger partial charge in [-0.25, -0.2) is 9.97 Å². The Kier molecular flexibility index (Phi) is 7.42. The molecule has 0 fully saturated rings. The van der Waals surface area contributed by atoms with Crippen molar-refractivity contribution >= 4 is 43.9 Å². The summed E-state index contributed by atoms with van der Waals surface area (Å²) in [5.41, 5.74) is 13.7. The van der Waals surface area contributed by atoms with Crippen LogP contribution in [0.5, 0.6) is 0 Å². The summed E-state index contributed by atoms with van der Waals surface area (Å²) in [6, 6.07) is 62.4. The van der Waals surface area contributed by atoms with Gasteiger partial charge >= 0.3 is 0 Å². The number of hydrogen-bond acceptors (Lipinski definition) is 5. The zero-order chi connectivity index (χ0) is 37.0. The third kappa shape index (κ3) is 5.37. The second-order valence-corrected chi connectivity index (χ2v) is 13.9. The van der Waals surface area contributed by atoms with Crippen molar-refractivity contribution in [3.05, 3.63) is 188 Å². The van der Waals surface area contributed by atoms with Gasteiger partial charge in [-0.05, 0) is 59.7 Å². The number of hydrogen-bond donors (Lipinski definition) is 0. The molecule has 0 amide bonds. The van der Waals surface area contributed by atoms with E-state index in [1.54, 1.807) is 0 Å². The highest BCUT2D eigenvalue weighted by atomic mass is 16.3. The summed E-state index contributed by atoms with van der Waals surface area (Å²) >= 11 is 0. The smallest absolute Gasteiger partial charge is 0.160 e. The van der Waals surface area contributed by atoms with Gasteiger partial charge in [-0.2, -0.15) is 0 Å². The van der Waals surface area contributed by atoms with Crippen molar-refractivity contribution in [2.45, 2.75) is 0 Å². The van der Waals surface area contributed by atoms with Crippen LogP contribution in [0, 0.1) is 0 Å². The molecule has 0 bridgehead atoms. The van der Waals surface area contributed by atoms with Crippen LogP contribution in [0.15, 0.2) is 197 Å². The SMILES string of the molecule is c1ccc(-c2cc(-c3ccccc3-c3ccccn3)nc(-c3cc(-c4cccc5c4oc4ccccc45)cc(-c4cccc5c4oc4ccccc45)c3)n2)cc1. The molecule has 0 atom stereocenters. The number of benzene rings is 7. The van der Waals surface area contributed by atoms with Crippen molar-refractivity contribution < 1.29 is 8.83 Å². The van der Waals surface area contributed by atoms with Crippen molar-refractivity contribution in [3.63, 3.8) is 0 Å². The van der Waals surface area contributed by atoms with Crippen molar-refractivity contribution in [1.82, 2.24) is 15.0 Å². The maximum absolute atomic E-state index is 6.59. The van der Waals surface area contributed by atoms with Gasteiger partial charge in [-0.3, -0.25) is 4.98 Å². The van der Waals surface area contributed by atoms with Crippen molar-refractivity contribution in [1.29, 1.82) is 0 Å². The van der Waals surface area contributed by atoms with E-state index in [4.69, 9.17) is 23.8 Å². The Labute approximate surface area is 322 Å². The Morgan fingerprint density at radius 1 is 0.321 bits per heavy atom. The average molecular weight is 718 g/mol. The molecule has 4 aromatic heterocycles. The van der Waals surface area contributed by atoms with Gasteiger partial charge in [0.1, 0.15) is 22.3 Å². The van der Waals surface area contributed by atoms with Gasteiger partial charge in [-0.1, -0.05) is 133 Å². The lowest BCUT2D eigenvalue weighted by molar-refractivity contribution is 0.670. The molecule has 0 aliphatic rings. The quantitative estimate of drug-likeness (QED) is 0.171. The van der Waals surface area contributed by atoms with E-state index in [0.717, 1.165) is 105 Å². The van der Waals surface area contributed by atoms with Gasteiger partial charge in [0.2, 0.25) is 0 Å². The van der Waals surface area contributed by atoms with Gasteiger partial charge in [0.05, 0.1) is 17.1 Å². The zero-order valence-electron chi connectivity index (χ0n) is 30.1. The monoisotopic (exact) mass is 717 g/mol. The van der Waals surface area contributed by atoms with Crippen molar-refractivity contribution in [3.8, 4) is 67.4 Å². The topological polar surface area (TPSA) is 65.0 Å². The Morgan fingerprint density at radius 3 is 1.45 bits per heavy atom. The first kappa shape index (κ1) is 31.9. The summed E-state index contributed by atoms with van der Waals surface area (Å²) in [7, 11) is 0. The van der Waals surface area contributed by atoms with Gasteiger partial charge in [0, 0.05) is 61.1 Å². The van der Waals surface area contributed by atoms with Crippen LogP contribution in [-0.2, 0) is 0 Å². The van der Waals surface area contributed by atoms with Gasteiger partial charge in [0.15, 0.2) is 5.82 Å². The molecule has 0 N–H and O–H groups in total. The van der Waals surface area contributed by atoms with Crippen LogP contribution in [0.4, 0.5) is 0 Å². The summed E-state index contributed by atoms with van der Waals surface area (Å²) in [4.78, 5) is 15.4. The van der Waals surface area contributed by atoms with Crippen LogP contribution in [0.1, 0.15) is 0 Å². The van der Waals surface area contributed by atoms with Gasteiger partial charge < -0.3 is 8.83 Å². The predicted octanol–water partition coefficient (Wildman–Crippen LogP) is 13.7. The maximum atomic E-state index is 6.59. The van der Waals surface area contributed by atoms with E-state index < -0.39 is 0 Å². The fourth-order valence-electron chi connectivity index (χ4n) is 7.94. The molecule has 0 aliphatic carbocycles. The van der Waals surface area contributed by atoms with E-state index in [1.807, 2.05) is 79.0 Å². The molecule has 0 unspecified atom stereocenters. The molecule has 11 rings (SSSR count). The normalized spacial score (nSPS) is 11.6. The van der Waals surface area contributed by atoms with Crippen LogP contribution in [0.25, 0.3) is 111 Å². The maximum Gasteiger partial charge on any atom is 0.160 e. The van der Waals surface area contributed by atoms with Gasteiger partial charge in [-0.15, -0.1) is 0 Å². The predicted molar refractivity (Wildman–Crippen MR) is 227 cm³/mol. The summed E-state index contributed by atoms with van der Waals surface area (Å²) in [6.45, 7) is 0. The van der Waals surface area contributed by atoms with Gasteiger partial charge in [0.25, 0.3) is 0 Å². The minimum absolute atomic E-state index is 0.605. The molecule has 5 nitrogen and oxygen atoms in total. The van der Waals surface area contributed by atoms with Crippen molar-refractivity contribution in [2.75, 3.05) is 0 Å². The third-order valence-corrected chi connectivity index (χ3v) is 10.6. The number of furan rings is 2. The molecular weight excluding hydrogens is 687 g/mol. The molecule has 0 aliphatic heterocycles. The Hall–Kier alpha value is -7.63. The second-order valence-electron chi connectivity index (χ2n) is 13.9. The molecule has 0 saturated carbocycles. The van der Waals surface area contributed by atoms with Crippen molar-refractivity contribution in [2.24, 2.45) is 0 Å². The largest absolute Gasteiger partial charge is 0.455 e. The third-order valence-electron chi connectivity index (χ3n) is 10.6. The Morgan fingerprint density at radius 2 is 0.821 bits per heavy atom. The van der Waals surface area contributed by atoms with Crippen LogP contribution >= 0.6 is 0 Å². The molecule has 262 valence electrons. The lowest BCUT2D eigenvalue weighted by atomic mass is 9.93. The number of nitrogens with zero attached hydrogens (tertiary/aromatic N) is 3. The Balaban J connectivity index is 1.19. The lowest BCUT2D eigenvalue weighted by Crippen LogP contribution is -1.98. The highest BCUT2D eigenvalue weighted by molar-refractivity contribution is 6.11. The molecule has 7 aromatic carbocycles. The molecule has 56 heavy (non-hydrogen) atoms. The average Bonchev–Trinajstić information content (AvgIpc) is 3.85. The van der Waals surface area contributed by atoms with E-state index in [9.17, 15) is 0 Å². The zero-order valence-corrected chi connectivity index (χ0v) is 30.1. The highest BCUT2D eigenvalue weighted by Gasteiger charge is 2.20. The fraction of sp³-hybridized carbons (Fsp3) is 0. The second kappa shape index (κ2) is 13.0. The molecule has 0 spiro atoms. The van der Waals surface area contributed by atoms with E-state index in [0.29, 0.717) is 5.82 Å². The fourth-order valence-corrected chi connectivity index (χ4v) is 7.94. The van der Waals surface area contributed by atoms with E-state index >= 15 is 0 Å². The highest BCUT2D eigenvalue weighted by Crippen LogP contribution is 2.42. The molecule has 4 heterocycles. The first-order valence-electron chi connectivity index (χ1n) is 18.7. The lowest BCUT2D eigenvalue weighted by Gasteiger charge is -2.14. The van der Waals surface area contributed by atoms with Crippen LogP contribution in [0.3, 0.4) is 0 Å². The number of pyridine rings is 1. The first-order chi connectivity index (χ1) is 27.7. The summed E-state index contributed by atoms with van der Waals surface area (Å²) in [6.07, 6.45) is 1.82. The molecule has 5 heteroatoms. The van der Waals surface area contributed by atoms with Crippen LogP contribution in [0.2, 0.25) is 0 Å². The van der Waals surface area contributed by atoms with Crippen LogP contribution < -0.4 is 0 Å². The minimum atomic E-state index is 0.605. The molecular formula is C51H31N3O2. The molecule has 0 radical (unpaired) electrons. The Bertz CT molecular complexity index is 3120.